The first-order valence-corrected chi connectivity index (χ1v) is 6.20. The summed E-state index contributed by atoms with van der Waals surface area (Å²) in [4.78, 5) is 22.8. The standard InChI is InChI=1S/C13H18O5/c1-3-18-7(2)13-5-4-8(6-13)9(11(14)15)10(13)12(16)17/h4-5,7-10H,3,6H2,1-2H3,(H,14,15)(H,16,17). The third-order valence-electron chi connectivity index (χ3n) is 4.37. The molecule has 0 aromatic carbocycles. The molecule has 2 N–H and O–H groups in total. The molecule has 0 spiro atoms. The lowest BCUT2D eigenvalue weighted by Gasteiger charge is -2.36. The van der Waals surface area contributed by atoms with Crippen molar-refractivity contribution in [2.45, 2.75) is 26.4 Å². The van der Waals surface area contributed by atoms with E-state index in [0.29, 0.717) is 13.0 Å². The van der Waals surface area contributed by atoms with Crippen molar-refractivity contribution >= 4 is 11.9 Å². The van der Waals surface area contributed by atoms with Gasteiger partial charge in [-0.15, -0.1) is 0 Å². The van der Waals surface area contributed by atoms with Gasteiger partial charge in [0.1, 0.15) is 0 Å². The average molecular weight is 254 g/mol. The number of carbonyl (C=O) groups is 2. The summed E-state index contributed by atoms with van der Waals surface area (Å²) in [6.45, 7) is 4.17. The molecule has 0 saturated heterocycles. The minimum absolute atomic E-state index is 0.188. The van der Waals surface area contributed by atoms with Gasteiger partial charge in [0.25, 0.3) is 0 Å². The van der Waals surface area contributed by atoms with Gasteiger partial charge >= 0.3 is 11.9 Å². The Hall–Kier alpha value is -1.36. The molecule has 2 aliphatic rings. The molecule has 5 nitrogen and oxygen atoms in total. The van der Waals surface area contributed by atoms with Gasteiger partial charge in [0.15, 0.2) is 0 Å². The molecule has 1 fully saturated rings. The Kier molecular flexibility index (Phi) is 3.19. The van der Waals surface area contributed by atoms with Crippen LogP contribution in [0, 0.1) is 23.2 Å². The van der Waals surface area contributed by atoms with Gasteiger partial charge in [-0.3, -0.25) is 9.59 Å². The van der Waals surface area contributed by atoms with Crippen molar-refractivity contribution in [2.24, 2.45) is 23.2 Å². The van der Waals surface area contributed by atoms with E-state index >= 15 is 0 Å². The summed E-state index contributed by atoms with van der Waals surface area (Å²) in [6, 6.07) is 0. The van der Waals surface area contributed by atoms with E-state index in [-0.39, 0.29) is 12.0 Å². The van der Waals surface area contributed by atoms with Crippen LogP contribution in [0.5, 0.6) is 0 Å². The number of rotatable bonds is 5. The Balaban J connectivity index is 2.38. The number of aliphatic carboxylic acids is 2. The smallest absolute Gasteiger partial charge is 0.308 e. The maximum atomic E-state index is 11.5. The second-order valence-electron chi connectivity index (χ2n) is 5.12. The van der Waals surface area contributed by atoms with Gasteiger partial charge in [-0.2, -0.15) is 0 Å². The highest BCUT2D eigenvalue weighted by molar-refractivity contribution is 5.83. The number of fused-ring (bicyclic) bond motifs is 2. The van der Waals surface area contributed by atoms with Gasteiger partial charge in [-0.1, -0.05) is 12.2 Å². The minimum atomic E-state index is -1.04. The Morgan fingerprint density at radius 3 is 2.61 bits per heavy atom. The number of carboxylic acid groups (broad SMARTS) is 2. The Morgan fingerprint density at radius 1 is 1.44 bits per heavy atom. The molecule has 5 atom stereocenters. The molecular formula is C13H18O5. The lowest BCUT2D eigenvalue weighted by molar-refractivity contribution is -0.159. The fourth-order valence-electron chi connectivity index (χ4n) is 3.57. The maximum absolute atomic E-state index is 11.5. The van der Waals surface area contributed by atoms with E-state index in [2.05, 4.69) is 0 Å². The van der Waals surface area contributed by atoms with Crippen molar-refractivity contribution in [3.8, 4) is 0 Å². The zero-order valence-electron chi connectivity index (χ0n) is 10.5. The van der Waals surface area contributed by atoms with E-state index < -0.39 is 29.2 Å². The molecule has 2 aliphatic carbocycles. The van der Waals surface area contributed by atoms with Crippen LogP contribution in [0.15, 0.2) is 12.2 Å². The average Bonchev–Trinajstić information content (AvgIpc) is 2.85. The maximum Gasteiger partial charge on any atom is 0.308 e. The molecule has 0 aromatic rings. The zero-order chi connectivity index (χ0) is 13.5. The number of carboxylic acids is 2. The van der Waals surface area contributed by atoms with Crippen molar-refractivity contribution in [1.29, 1.82) is 0 Å². The summed E-state index contributed by atoms with van der Waals surface area (Å²) in [7, 11) is 0. The van der Waals surface area contributed by atoms with E-state index in [0.717, 1.165) is 0 Å². The van der Waals surface area contributed by atoms with Crippen LogP contribution >= 0.6 is 0 Å². The molecule has 2 bridgehead atoms. The third-order valence-corrected chi connectivity index (χ3v) is 4.37. The largest absolute Gasteiger partial charge is 0.481 e. The van der Waals surface area contributed by atoms with Crippen molar-refractivity contribution in [3.63, 3.8) is 0 Å². The molecule has 0 heterocycles. The van der Waals surface area contributed by atoms with E-state index in [1.807, 2.05) is 26.0 Å². The lowest BCUT2D eigenvalue weighted by Crippen LogP contribution is -2.44. The zero-order valence-corrected chi connectivity index (χ0v) is 10.5. The summed E-state index contributed by atoms with van der Waals surface area (Å²) >= 11 is 0. The molecule has 2 rings (SSSR count). The van der Waals surface area contributed by atoms with E-state index in [9.17, 15) is 19.8 Å². The predicted molar refractivity (Wildman–Crippen MR) is 63.0 cm³/mol. The van der Waals surface area contributed by atoms with Gasteiger partial charge in [-0.05, 0) is 26.2 Å². The van der Waals surface area contributed by atoms with Crippen molar-refractivity contribution in [1.82, 2.24) is 0 Å². The first kappa shape index (κ1) is 13.1. The van der Waals surface area contributed by atoms with Gasteiger partial charge in [0.2, 0.25) is 0 Å². The predicted octanol–water partition coefficient (Wildman–Crippen LogP) is 1.39. The molecule has 5 heteroatoms. The molecule has 0 aliphatic heterocycles. The van der Waals surface area contributed by atoms with Crippen LogP contribution < -0.4 is 0 Å². The van der Waals surface area contributed by atoms with E-state index in [1.54, 1.807) is 0 Å². The topological polar surface area (TPSA) is 83.8 Å². The second-order valence-corrected chi connectivity index (χ2v) is 5.12. The third kappa shape index (κ3) is 1.65. The van der Waals surface area contributed by atoms with Gasteiger partial charge in [0, 0.05) is 12.0 Å². The quantitative estimate of drug-likeness (QED) is 0.724. The van der Waals surface area contributed by atoms with E-state index in [4.69, 9.17) is 4.74 Å². The van der Waals surface area contributed by atoms with E-state index in [1.165, 1.54) is 0 Å². The van der Waals surface area contributed by atoms with Crippen LogP contribution in [0.25, 0.3) is 0 Å². The highest BCUT2D eigenvalue weighted by atomic mass is 16.5. The molecule has 100 valence electrons. The molecule has 0 radical (unpaired) electrons. The Bertz CT molecular complexity index is 402. The lowest BCUT2D eigenvalue weighted by atomic mass is 9.70. The Labute approximate surface area is 105 Å². The molecule has 18 heavy (non-hydrogen) atoms. The minimum Gasteiger partial charge on any atom is -0.481 e. The van der Waals surface area contributed by atoms with Crippen molar-refractivity contribution < 1.29 is 24.5 Å². The van der Waals surface area contributed by atoms with Gasteiger partial charge in [-0.25, -0.2) is 0 Å². The van der Waals surface area contributed by atoms with Crippen LogP contribution in [0.4, 0.5) is 0 Å². The van der Waals surface area contributed by atoms with Crippen molar-refractivity contribution in [3.05, 3.63) is 12.2 Å². The normalized spacial score (nSPS) is 38.9. The number of hydrogen-bond donors (Lipinski definition) is 2. The summed E-state index contributed by atoms with van der Waals surface area (Å²) in [5, 5.41) is 18.6. The van der Waals surface area contributed by atoms with Crippen LogP contribution in [0.3, 0.4) is 0 Å². The highest BCUT2D eigenvalue weighted by Gasteiger charge is 2.63. The molecule has 0 aromatic heterocycles. The monoisotopic (exact) mass is 254 g/mol. The molecule has 1 saturated carbocycles. The molecule has 5 unspecified atom stereocenters. The summed E-state index contributed by atoms with van der Waals surface area (Å²) < 4.78 is 5.55. The SMILES string of the molecule is CCOC(C)C12C=CC(C1)C(C(=O)O)C2C(=O)O. The van der Waals surface area contributed by atoms with Gasteiger partial charge in [0.05, 0.1) is 17.9 Å². The van der Waals surface area contributed by atoms with Crippen LogP contribution in [-0.4, -0.2) is 34.9 Å². The van der Waals surface area contributed by atoms with Crippen LogP contribution in [-0.2, 0) is 14.3 Å². The number of hydrogen-bond acceptors (Lipinski definition) is 3. The van der Waals surface area contributed by atoms with Crippen molar-refractivity contribution in [2.75, 3.05) is 6.61 Å². The molecular weight excluding hydrogens is 236 g/mol. The summed E-state index contributed by atoms with van der Waals surface area (Å²) in [6.07, 6.45) is 3.97. The second kappa shape index (κ2) is 4.39. The first-order valence-electron chi connectivity index (χ1n) is 6.20. The number of allylic oxidation sites excluding steroid dienone is 1. The number of ether oxygens (including phenoxy) is 1. The highest BCUT2D eigenvalue weighted by Crippen LogP contribution is 2.59. The summed E-state index contributed by atoms with van der Waals surface area (Å²) in [5.41, 5.74) is -0.671. The fourth-order valence-corrected chi connectivity index (χ4v) is 3.57. The summed E-state index contributed by atoms with van der Waals surface area (Å²) in [5.74, 6) is -3.99. The van der Waals surface area contributed by atoms with Crippen LogP contribution in [0.2, 0.25) is 0 Å². The Morgan fingerprint density at radius 2 is 2.11 bits per heavy atom. The van der Waals surface area contributed by atoms with Crippen LogP contribution in [0.1, 0.15) is 20.3 Å². The first-order chi connectivity index (χ1) is 8.44. The fraction of sp³-hybridized carbons (Fsp3) is 0.692. The molecule has 0 amide bonds. The van der Waals surface area contributed by atoms with Gasteiger partial charge < -0.3 is 14.9 Å².